The molecule has 0 fully saturated rings. The molecule has 4 N–H and O–H groups in total. The van der Waals surface area contributed by atoms with E-state index >= 15 is 0 Å². The number of benzene rings is 3. The van der Waals surface area contributed by atoms with Gasteiger partial charge in [0.2, 0.25) is 0 Å². The van der Waals surface area contributed by atoms with E-state index in [0.29, 0.717) is 23.8 Å². The molecule has 4 heterocycles. The average molecular weight is 448 g/mol. The predicted molar refractivity (Wildman–Crippen MR) is 128 cm³/mol. The highest BCUT2D eigenvalue weighted by atomic mass is 16.3. The number of aromatic nitrogens is 4. The largest absolute Gasteiger partial charge is 0.504 e. The van der Waals surface area contributed by atoms with Crippen molar-refractivity contribution in [2.24, 2.45) is 0 Å². The number of carbonyl (C=O) groups excluding carboxylic acids is 1. The lowest BCUT2D eigenvalue weighted by Gasteiger charge is -2.16. The van der Waals surface area contributed by atoms with Gasteiger partial charge in [-0.1, -0.05) is 30.3 Å². The molecule has 1 amide bonds. The lowest BCUT2D eigenvalue weighted by atomic mass is 10.1. The van der Waals surface area contributed by atoms with Gasteiger partial charge in [0.25, 0.3) is 5.91 Å². The molecule has 0 unspecified atom stereocenters. The molecule has 0 saturated carbocycles. The number of nitrogens with zero attached hydrogens (tertiary/aromatic N) is 3. The van der Waals surface area contributed by atoms with Gasteiger partial charge in [-0.05, 0) is 47.0 Å². The predicted octanol–water partition coefficient (Wildman–Crippen LogP) is 4.09. The van der Waals surface area contributed by atoms with Crippen LogP contribution in [-0.2, 0) is 19.6 Å². The molecule has 0 spiro atoms. The second kappa shape index (κ2) is 7.03. The van der Waals surface area contributed by atoms with Crippen LogP contribution in [-0.4, -0.2) is 31.2 Å². The summed E-state index contributed by atoms with van der Waals surface area (Å²) in [6, 6.07) is 19.3. The van der Waals surface area contributed by atoms with E-state index in [9.17, 15) is 9.90 Å². The smallest absolute Gasteiger partial charge is 0.258 e. The molecule has 7 rings (SSSR count). The van der Waals surface area contributed by atoms with E-state index in [1.807, 2.05) is 48.5 Å². The summed E-state index contributed by atoms with van der Waals surface area (Å²) in [5.41, 5.74) is 8.49. The third-order valence-electron chi connectivity index (χ3n) is 6.69. The Balaban J connectivity index is 1.19. The van der Waals surface area contributed by atoms with E-state index in [1.54, 1.807) is 4.90 Å². The third kappa shape index (κ3) is 2.79. The lowest BCUT2D eigenvalue weighted by Crippen LogP contribution is -2.22. The molecule has 3 aromatic carbocycles. The van der Waals surface area contributed by atoms with Crippen LogP contribution in [0.1, 0.15) is 27.0 Å². The van der Waals surface area contributed by atoms with Gasteiger partial charge in [-0.25, -0.2) is 4.98 Å². The third-order valence-corrected chi connectivity index (χ3v) is 6.69. The number of imidazole rings is 1. The lowest BCUT2D eigenvalue weighted by molar-refractivity contribution is 0.0996. The zero-order valence-corrected chi connectivity index (χ0v) is 18.1. The highest BCUT2D eigenvalue weighted by Crippen LogP contribution is 2.37. The molecule has 8 heteroatoms. The number of carbonyl (C=O) groups is 1. The minimum absolute atomic E-state index is 0.0000960. The maximum absolute atomic E-state index is 12.8. The van der Waals surface area contributed by atoms with Crippen LogP contribution < -0.4 is 10.2 Å². The van der Waals surface area contributed by atoms with Gasteiger partial charge in [0.15, 0.2) is 11.6 Å². The van der Waals surface area contributed by atoms with E-state index < -0.39 is 0 Å². The highest BCUT2D eigenvalue weighted by Gasteiger charge is 2.28. The van der Waals surface area contributed by atoms with Crippen molar-refractivity contribution in [3.63, 3.8) is 0 Å². The van der Waals surface area contributed by atoms with Gasteiger partial charge < -0.3 is 20.3 Å². The number of H-pyrrole nitrogens is 2. The number of amides is 1. The van der Waals surface area contributed by atoms with Crippen molar-refractivity contribution < 1.29 is 9.90 Å². The molecular weight excluding hydrogens is 428 g/mol. The van der Waals surface area contributed by atoms with Gasteiger partial charge >= 0.3 is 0 Å². The number of aromatic hydroxyl groups is 1. The molecule has 166 valence electrons. The Bertz CT molecular complexity index is 1560. The zero-order chi connectivity index (χ0) is 22.8. The number of hydrogen-bond donors (Lipinski definition) is 4. The quantitative estimate of drug-likeness (QED) is 0.332. The van der Waals surface area contributed by atoms with Gasteiger partial charge in [-0.15, -0.1) is 0 Å². The molecule has 2 aromatic heterocycles. The average Bonchev–Trinajstić information content (AvgIpc) is 3.63. The molecular formula is C26H20N6O2. The Hall–Kier alpha value is -4.43. The first-order valence-electron chi connectivity index (χ1n) is 11.2. The summed E-state index contributed by atoms with van der Waals surface area (Å²) in [6.45, 7) is 2.25. The molecule has 0 aliphatic carbocycles. The standard InChI is InChI=1S/C26H20N6O2/c33-24-22(14-5-7-18(8-6-14)32-13-15-3-1-2-4-19(15)26(32)34)30-31-23(24)25-28-20-9-16-11-27-12-17(16)10-21(20)29-25/h1-10,27,33H,11-13H2,(H,28,29)(H,30,31). The number of nitrogens with one attached hydrogen (secondary N) is 3. The Kier molecular flexibility index (Phi) is 3.95. The van der Waals surface area contributed by atoms with Crippen molar-refractivity contribution >= 4 is 22.6 Å². The van der Waals surface area contributed by atoms with Crippen LogP contribution in [0.4, 0.5) is 5.69 Å². The number of aromatic amines is 2. The number of hydrogen-bond acceptors (Lipinski definition) is 5. The van der Waals surface area contributed by atoms with Crippen molar-refractivity contribution in [3.05, 3.63) is 82.9 Å². The molecule has 0 radical (unpaired) electrons. The summed E-state index contributed by atoms with van der Waals surface area (Å²) in [7, 11) is 0. The van der Waals surface area contributed by atoms with E-state index in [-0.39, 0.29) is 11.7 Å². The monoisotopic (exact) mass is 448 g/mol. The summed E-state index contributed by atoms with van der Waals surface area (Å²) in [4.78, 5) is 22.5. The molecule has 2 aliphatic rings. The number of fused-ring (bicyclic) bond motifs is 3. The van der Waals surface area contributed by atoms with Crippen LogP contribution in [0.15, 0.2) is 60.7 Å². The topological polar surface area (TPSA) is 110 Å². The summed E-state index contributed by atoms with van der Waals surface area (Å²) < 4.78 is 0. The van der Waals surface area contributed by atoms with Crippen molar-refractivity contribution in [2.75, 3.05) is 4.90 Å². The van der Waals surface area contributed by atoms with E-state index in [0.717, 1.165) is 46.5 Å². The maximum atomic E-state index is 12.8. The molecule has 5 aromatic rings. The van der Waals surface area contributed by atoms with Gasteiger partial charge in [-0.3, -0.25) is 9.89 Å². The fraction of sp³-hybridized carbons (Fsp3) is 0.115. The van der Waals surface area contributed by atoms with E-state index in [1.165, 1.54) is 11.1 Å². The fourth-order valence-electron chi connectivity index (χ4n) is 4.89. The first-order valence-corrected chi connectivity index (χ1v) is 11.2. The Morgan fingerprint density at radius 3 is 2.56 bits per heavy atom. The molecule has 0 atom stereocenters. The van der Waals surface area contributed by atoms with E-state index in [4.69, 9.17) is 0 Å². The van der Waals surface area contributed by atoms with Crippen molar-refractivity contribution in [2.45, 2.75) is 19.6 Å². The van der Waals surface area contributed by atoms with Crippen LogP contribution in [0.3, 0.4) is 0 Å². The van der Waals surface area contributed by atoms with Gasteiger partial charge in [-0.2, -0.15) is 5.10 Å². The summed E-state index contributed by atoms with van der Waals surface area (Å²) in [6.07, 6.45) is 0. The van der Waals surface area contributed by atoms with Crippen LogP contribution in [0.5, 0.6) is 5.75 Å². The highest BCUT2D eigenvalue weighted by molar-refractivity contribution is 6.10. The Labute approximate surface area is 194 Å². The molecule has 0 saturated heterocycles. The maximum Gasteiger partial charge on any atom is 0.258 e. The minimum atomic E-state index is -0.0000960. The van der Waals surface area contributed by atoms with E-state index in [2.05, 4.69) is 37.6 Å². The normalized spacial score (nSPS) is 14.7. The Morgan fingerprint density at radius 1 is 0.941 bits per heavy atom. The summed E-state index contributed by atoms with van der Waals surface area (Å²) in [5.74, 6) is 0.575. The van der Waals surface area contributed by atoms with Gasteiger partial charge in [0, 0.05) is 29.9 Å². The fourth-order valence-corrected chi connectivity index (χ4v) is 4.89. The minimum Gasteiger partial charge on any atom is -0.504 e. The van der Waals surface area contributed by atoms with Crippen LogP contribution in [0.2, 0.25) is 0 Å². The van der Waals surface area contributed by atoms with Crippen molar-refractivity contribution in [1.82, 2.24) is 25.5 Å². The van der Waals surface area contributed by atoms with Crippen LogP contribution in [0, 0.1) is 0 Å². The summed E-state index contributed by atoms with van der Waals surface area (Å²) in [5, 5.41) is 21.5. The second-order valence-corrected chi connectivity index (χ2v) is 8.72. The first kappa shape index (κ1) is 19.1. The van der Waals surface area contributed by atoms with Crippen molar-refractivity contribution in [3.8, 4) is 28.5 Å². The zero-order valence-electron chi connectivity index (χ0n) is 18.1. The second-order valence-electron chi connectivity index (χ2n) is 8.72. The molecule has 0 bridgehead atoms. The summed E-state index contributed by atoms with van der Waals surface area (Å²) >= 11 is 0. The van der Waals surface area contributed by atoms with Crippen LogP contribution >= 0.6 is 0 Å². The van der Waals surface area contributed by atoms with Crippen molar-refractivity contribution in [1.29, 1.82) is 0 Å². The Morgan fingerprint density at radius 2 is 1.74 bits per heavy atom. The number of rotatable bonds is 3. The van der Waals surface area contributed by atoms with Gasteiger partial charge in [0.1, 0.15) is 11.4 Å². The molecule has 2 aliphatic heterocycles. The molecule has 34 heavy (non-hydrogen) atoms. The molecule has 8 nitrogen and oxygen atoms in total. The van der Waals surface area contributed by atoms with Crippen LogP contribution in [0.25, 0.3) is 33.8 Å². The first-order chi connectivity index (χ1) is 16.7. The SMILES string of the molecule is O=C1c2ccccc2CN1c1ccc(-c2n[nH]c(-c3nc4cc5c(cc4[nH]3)CNC5)c2O)cc1. The number of anilines is 1. The van der Waals surface area contributed by atoms with Gasteiger partial charge in [0.05, 0.1) is 17.6 Å².